The molecule has 0 radical (unpaired) electrons. The van der Waals surface area contributed by atoms with Gasteiger partial charge in [0, 0.05) is 10.9 Å². The first kappa shape index (κ1) is 13.4. The van der Waals surface area contributed by atoms with Gasteiger partial charge >= 0.3 is 0 Å². The Morgan fingerprint density at radius 2 is 1.67 bits per heavy atom. The average Bonchev–Trinajstić information content (AvgIpc) is 2.53. The van der Waals surface area contributed by atoms with E-state index in [0.29, 0.717) is 5.56 Å². The molecule has 0 aliphatic rings. The topological polar surface area (TPSA) is 26.3 Å². The van der Waals surface area contributed by atoms with Crippen LogP contribution in [0.4, 0.5) is 0 Å². The molecule has 3 rings (SSSR count). The van der Waals surface area contributed by atoms with Gasteiger partial charge in [-0.15, -0.1) is 0 Å². The van der Waals surface area contributed by atoms with Gasteiger partial charge in [0.15, 0.2) is 6.29 Å². The molecular formula is C19H16O2. The van der Waals surface area contributed by atoms with Crippen LogP contribution in [-0.2, 0) is 0 Å². The number of hydrogen-bond donors (Lipinski definition) is 0. The van der Waals surface area contributed by atoms with E-state index in [2.05, 4.69) is 12.1 Å². The Morgan fingerprint density at radius 1 is 0.905 bits per heavy atom. The summed E-state index contributed by atoms with van der Waals surface area (Å²) in [5.41, 5.74) is 3.85. The Hall–Kier alpha value is -2.61. The number of hydrogen-bond acceptors (Lipinski definition) is 2. The van der Waals surface area contributed by atoms with E-state index in [1.165, 1.54) is 0 Å². The first-order valence-corrected chi connectivity index (χ1v) is 6.86. The number of methoxy groups -OCH3 is 1. The number of carbonyl (C=O) groups is 1. The molecule has 0 aliphatic heterocycles. The quantitative estimate of drug-likeness (QED) is 0.652. The number of rotatable bonds is 3. The minimum atomic E-state index is 0.705. The molecule has 0 fully saturated rings. The molecule has 0 N–H and O–H groups in total. The highest BCUT2D eigenvalue weighted by atomic mass is 16.5. The van der Waals surface area contributed by atoms with Crippen LogP contribution in [0, 0.1) is 6.92 Å². The zero-order valence-electron chi connectivity index (χ0n) is 12.1. The van der Waals surface area contributed by atoms with E-state index in [9.17, 15) is 4.79 Å². The van der Waals surface area contributed by atoms with E-state index in [4.69, 9.17) is 4.74 Å². The lowest BCUT2D eigenvalue weighted by atomic mass is 9.93. The molecule has 2 nitrogen and oxygen atoms in total. The van der Waals surface area contributed by atoms with Crippen LogP contribution < -0.4 is 4.74 Å². The van der Waals surface area contributed by atoms with E-state index in [0.717, 1.165) is 39.5 Å². The summed E-state index contributed by atoms with van der Waals surface area (Å²) in [6, 6.07) is 17.9. The lowest BCUT2D eigenvalue weighted by Gasteiger charge is -2.12. The molecule has 21 heavy (non-hydrogen) atoms. The highest BCUT2D eigenvalue weighted by Crippen LogP contribution is 2.35. The van der Waals surface area contributed by atoms with Crippen molar-refractivity contribution in [3.05, 3.63) is 65.7 Å². The van der Waals surface area contributed by atoms with Crippen LogP contribution >= 0.6 is 0 Å². The Kier molecular flexibility index (Phi) is 3.44. The van der Waals surface area contributed by atoms with Gasteiger partial charge in [-0.1, -0.05) is 54.1 Å². The minimum Gasteiger partial charge on any atom is -0.496 e. The lowest BCUT2D eigenvalue weighted by Crippen LogP contribution is -1.92. The summed E-state index contributed by atoms with van der Waals surface area (Å²) in [6.45, 7) is 2.03. The Bertz CT molecular complexity index is 819. The molecule has 0 aliphatic carbocycles. The number of aryl methyl sites for hydroxylation is 1. The van der Waals surface area contributed by atoms with Crippen molar-refractivity contribution in [2.75, 3.05) is 7.11 Å². The van der Waals surface area contributed by atoms with Crippen LogP contribution in [0.25, 0.3) is 21.9 Å². The van der Waals surface area contributed by atoms with Gasteiger partial charge in [0.05, 0.1) is 7.11 Å². The highest BCUT2D eigenvalue weighted by molar-refractivity contribution is 6.03. The molecule has 3 aromatic rings. The minimum absolute atomic E-state index is 0.705. The van der Waals surface area contributed by atoms with Gasteiger partial charge in [-0.2, -0.15) is 0 Å². The third kappa shape index (κ3) is 2.29. The van der Waals surface area contributed by atoms with Gasteiger partial charge in [0.1, 0.15) is 5.75 Å². The summed E-state index contributed by atoms with van der Waals surface area (Å²) in [4.78, 5) is 11.3. The summed E-state index contributed by atoms with van der Waals surface area (Å²) >= 11 is 0. The summed E-state index contributed by atoms with van der Waals surface area (Å²) < 4.78 is 5.43. The van der Waals surface area contributed by atoms with Crippen molar-refractivity contribution in [3.63, 3.8) is 0 Å². The molecule has 0 unspecified atom stereocenters. The number of carbonyl (C=O) groups excluding carboxylic acids is 1. The number of benzene rings is 3. The lowest BCUT2D eigenvalue weighted by molar-refractivity contribution is 0.112. The Labute approximate surface area is 124 Å². The molecule has 2 heteroatoms. The van der Waals surface area contributed by atoms with Crippen molar-refractivity contribution in [1.29, 1.82) is 0 Å². The monoisotopic (exact) mass is 276 g/mol. The van der Waals surface area contributed by atoms with Crippen LogP contribution in [0.3, 0.4) is 0 Å². The van der Waals surface area contributed by atoms with Crippen molar-refractivity contribution in [1.82, 2.24) is 0 Å². The van der Waals surface area contributed by atoms with Crippen molar-refractivity contribution < 1.29 is 9.53 Å². The van der Waals surface area contributed by atoms with Crippen molar-refractivity contribution in [3.8, 4) is 16.9 Å². The maximum Gasteiger partial charge on any atom is 0.150 e. The number of aldehydes is 1. The van der Waals surface area contributed by atoms with Crippen LogP contribution in [0.2, 0.25) is 0 Å². The maximum absolute atomic E-state index is 11.3. The fourth-order valence-electron chi connectivity index (χ4n) is 2.69. The average molecular weight is 276 g/mol. The van der Waals surface area contributed by atoms with Crippen molar-refractivity contribution >= 4 is 17.1 Å². The molecule has 0 spiro atoms. The smallest absolute Gasteiger partial charge is 0.150 e. The van der Waals surface area contributed by atoms with Crippen molar-refractivity contribution in [2.24, 2.45) is 0 Å². The van der Waals surface area contributed by atoms with E-state index in [1.807, 2.05) is 49.4 Å². The standard InChI is InChI=1S/C19H16O2/c1-13-7-8-14(12-20)18(11-13)16-9-10-19(21-2)17-6-4-3-5-15(16)17/h3-12H,1-2H3. The molecule has 0 bridgehead atoms. The van der Waals surface area contributed by atoms with E-state index >= 15 is 0 Å². The van der Waals surface area contributed by atoms with E-state index < -0.39 is 0 Å². The van der Waals surface area contributed by atoms with Gasteiger partial charge < -0.3 is 4.74 Å². The van der Waals surface area contributed by atoms with Crippen LogP contribution in [-0.4, -0.2) is 13.4 Å². The van der Waals surface area contributed by atoms with Gasteiger partial charge in [0.25, 0.3) is 0 Å². The summed E-state index contributed by atoms with van der Waals surface area (Å²) in [7, 11) is 1.67. The normalized spacial score (nSPS) is 10.6. The largest absolute Gasteiger partial charge is 0.496 e. The Morgan fingerprint density at radius 3 is 2.38 bits per heavy atom. The van der Waals surface area contributed by atoms with Gasteiger partial charge in [-0.25, -0.2) is 0 Å². The first-order chi connectivity index (χ1) is 10.2. The fraction of sp³-hybridized carbons (Fsp3) is 0.105. The first-order valence-electron chi connectivity index (χ1n) is 6.86. The second kappa shape index (κ2) is 5.41. The maximum atomic E-state index is 11.3. The van der Waals surface area contributed by atoms with Gasteiger partial charge in [-0.05, 0) is 29.5 Å². The van der Waals surface area contributed by atoms with Crippen molar-refractivity contribution in [2.45, 2.75) is 6.92 Å². The second-order valence-electron chi connectivity index (χ2n) is 5.07. The molecule has 0 amide bonds. The molecule has 0 saturated heterocycles. The number of fused-ring (bicyclic) bond motifs is 1. The number of ether oxygens (including phenoxy) is 1. The van der Waals surface area contributed by atoms with Gasteiger partial charge in [-0.3, -0.25) is 4.79 Å². The third-order valence-corrected chi connectivity index (χ3v) is 3.73. The molecule has 3 aromatic carbocycles. The molecule has 0 aromatic heterocycles. The molecule has 104 valence electrons. The highest BCUT2D eigenvalue weighted by Gasteiger charge is 2.11. The predicted molar refractivity (Wildman–Crippen MR) is 86.1 cm³/mol. The molecule has 0 heterocycles. The molecule has 0 atom stereocenters. The Balaban J connectivity index is 2.36. The van der Waals surface area contributed by atoms with E-state index in [1.54, 1.807) is 7.11 Å². The SMILES string of the molecule is COc1ccc(-c2cc(C)ccc2C=O)c2ccccc12. The fourth-order valence-corrected chi connectivity index (χ4v) is 2.69. The zero-order valence-corrected chi connectivity index (χ0v) is 12.1. The second-order valence-corrected chi connectivity index (χ2v) is 5.07. The van der Waals surface area contributed by atoms with Crippen LogP contribution in [0.5, 0.6) is 5.75 Å². The molecule has 0 saturated carbocycles. The van der Waals surface area contributed by atoms with Crippen LogP contribution in [0.1, 0.15) is 15.9 Å². The summed E-state index contributed by atoms with van der Waals surface area (Å²) in [6.07, 6.45) is 0.910. The molecular weight excluding hydrogens is 260 g/mol. The summed E-state index contributed by atoms with van der Waals surface area (Å²) in [5, 5.41) is 2.14. The summed E-state index contributed by atoms with van der Waals surface area (Å²) in [5.74, 6) is 0.842. The predicted octanol–water partition coefficient (Wildman–Crippen LogP) is 4.64. The van der Waals surface area contributed by atoms with Gasteiger partial charge in [0.2, 0.25) is 0 Å². The third-order valence-electron chi connectivity index (χ3n) is 3.73. The van der Waals surface area contributed by atoms with Crippen LogP contribution in [0.15, 0.2) is 54.6 Å². The zero-order chi connectivity index (χ0) is 14.8. The van der Waals surface area contributed by atoms with E-state index in [-0.39, 0.29) is 0 Å².